The van der Waals surface area contributed by atoms with Gasteiger partial charge >= 0.3 is 0 Å². The largest absolute Gasteiger partial charge is 0.355 e. The van der Waals surface area contributed by atoms with Gasteiger partial charge in [0.25, 0.3) is 0 Å². The second-order valence-corrected chi connectivity index (χ2v) is 12.0. The van der Waals surface area contributed by atoms with E-state index in [-0.39, 0.29) is 0 Å². The smallest absolute Gasteiger partial charge is 0.0549 e. The van der Waals surface area contributed by atoms with E-state index in [0.29, 0.717) is 0 Å². The van der Waals surface area contributed by atoms with Gasteiger partial charge in [-0.1, -0.05) is 117 Å². The molecule has 7 rings (SSSR count). The Balaban J connectivity index is 1.63. The third kappa shape index (κ3) is 5.62. The van der Waals surface area contributed by atoms with Crippen LogP contribution in [0.3, 0.4) is 0 Å². The number of anilines is 2. The molecule has 0 fully saturated rings. The van der Waals surface area contributed by atoms with Crippen LogP contribution in [0, 0.1) is 5.41 Å². The molecule has 7 aromatic rings. The van der Waals surface area contributed by atoms with Crippen LogP contribution < -0.4 is 5.32 Å². The van der Waals surface area contributed by atoms with Crippen molar-refractivity contribution in [2.45, 2.75) is 6.92 Å². The second kappa shape index (κ2) is 13.3. The Morgan fingerprint density at radius 3 is 2.20 bits per heavy atom. The van der Waals surface area contributed by atoms with E-state index in [9.17, 15) is 0 Å². The summed E-state index contributed by atoms with van der Waals surface area (Å²) in [6.07, 6.45) is 13.3. The van der Waals surface area contributed by atoms with Gasteiger partial charge < -0.3 is 15.3 Å². The van der Waals surface area contributed by atoms with Gasteiger partial charge in [0.2, 0.25) is 0 Å². The molecule has 6 aromatic carbocycles. The average molecular weight is 632 g/mol. The molecule has 3 heteroatoms. The number of nitrogens with one attached hydrogen (secondary N) is 2. The van der Waals surface area contributed by atoms with Crippen LogP contribution in [0.15, 0.2) is 159 Å². The van der Waals surface area contributed by atoms with Crippen LogP contribution in [0.2, 0.25) is 0 Å². The number of hydrogen-bond donors (Lipinski definition) is 2. The number of allylic oxidation sites excluding steroid dienone is 5. The molecule has 49 heavy (non-hydrogen) atoms. The van der Waals surface area contributed by atoms with Crippen molar-refractivity contribution < 1.29 is 0 Å². The summed E-state index contributed by atoms with van der Waals surface area (Å²) in [5.41, 5.74) is 12.2. The quantitative estimate of drug-likeness (QED) is 0.114. The molecule has 3 nitrogen and oxygen atoms in total. The molecule has 0 aliphatic carbocycles. The van der Waals surface area contributed by atoms with E-state index in [1.54, 1.807) is 6.08 Å². The summed E-state index contributed by atoms with van der Waals surface area (Å²) < 4.78 is 2.34. The number of benzene rings is 6. The van der Waals surface area contributed by atoms with E-state index in [1.165, 1.54) is 6.21 Å². The Morgan fingerprint density at radius 2 is 1.51 bits per heavy atom. The van der Waals surface area contributed by atoms with E-state index in [2.05, 4.69) is 121 Å². The zero-order valence-electron chi connectivity index (χ0n) is 27.6. The Hall–Kier alpha value is -6.45. The predicted molar refractivity (Wildman–Crippen MR) is 215 cm³/mol. The molecule has 0 saturated heterocycles. The van der Waals surface area contributed by atoms with Gasteiger partial charge in [-0.25, -0.2) is 0 Å². The molecule has 1 heterocycles. The highest BCUT2D eigenvalue weighted by Crippen LogP contribution is 2.41. The first-order valence-corrected chi connectivity index (χ1v) is 16.4. The van der Waals surface area contributed by atoms with Crippen LogP contribution in [0.1, 0.15) is 29.2 Å². The van der Waals surface area contributed by atoms with Gasteiger partial charge in [-0.15, -0.1) is 0 Å². The van der Waals surface area contributed by atoms with E-state index in [1.807, 2.05) is 61.5 Å². The van der Waals surface area contributed by atoms with Crippen molar-refractivity contribution in [1.82, 2.24) is 4.57 Å². The topological polar surface area (TPSA) is 40.8 Å². The van der Waals surface area contributed by atoms with Crippen molar-refractivity contribution >= 4 is 67.9 Å². The lowest BCUT2D eigenvalue weighted by Crippen LogP contribution is -1.99. The number of aromatic nitrogens is 1. The first-order chi connectivity index (χ1) is 24.1. The summed E-state index contributed by atoms with van der Waals surface area (Å²) in [6.45, 7) is 14.2. The molecular weight excluding hydrogens is 595 g/mol. The van der Waals surface area contributed by atoms with Crippen molar-refractivity contribution in [2.75, 3.05) is 5.32 Å². The number of nitrogens with zero attached hydrogens (tertiary/aromatic N) is 1. The molecule has 0 radical (unpaired) electrons. The maximum Gasteiger partial charge on any atom is 0.0549 e. The molecule has 1 aromatic heterocycles. The summed E-state index contributed by atoms with van der Waals surface area (Å²) in [4.78, 5) is 0. The standard InChI is InChI=1S/C46H37N3/c1-5-15-31(7-3)35-25-36(33-17-11-9-12-18-33)27-38(26-35)49-44-24-23-43(48-37-19-13-10-14-20-37)42(30-47)46(44)41-29-40-34(28-45(41)49)22-21-32(8-4)39(40)16-6-2/h5-30,47-48H,1,3-4H2,2H3/b16-6-,31-15+,47-30?. The molecule has 2 N–H and O–H groups in total. The summed E-state index contributed by atoms with van der Waals surface area (Å²) in [5, 5.41) is 16.7. The SMILES string of the molecule is C=C/C=C(\C=C)c1cc(-c2ccccc2)cc(-n2c3cc4ccc(C=C)c(/C=C\C)c4cc3c3c(C=N)c(Nc4ccccc4)ccc32)c1. The van der Waals surface area contributed by atoms with Crippen molar-refractivity contribution in [2.24, 2.45) is 0 Å². The maximum atomic E-state index is 8.74. The third-order valence-corrected chi connectivity index (χ3v) is 9.07. The lowest BCUT2D eigenvalue weighted by molar-refractivity contribution is 1.18. The van der Waals surface area contributed by atoms with Crippen LogP contribution >= 0.6 is 0 Å². The molecular formula is C46H37N3. The second-order valence-electron chi connectivity index (χ2n) is 12.0. The summed E-state index contributed by atoms with van der Waals surface area (Å²) in [7, 11) is 0. The molecule has 0 aliphatic rings. The van der Waals surface area contributed by atoms with E-state index in [4.69, 9.17) is 5.41 Å². The van der Waals surface area contributed by atoms with E-state index < -0.39 is 0 Å². The van der Waals surface area contributed by atoms with Gasteiger partial charge in [-0.2, -0.15) is 0 Å². The van der Waals surface area contributed by atoms with E-state index in [0.717, 1.165) is 88.6 Å². The van der Waals surface area contributed by atoms with Gasteiger partial charge in [-0.3, -0.25) is 0 Å². The van der Waals surface area contributed by atoms with Gasteiger partial charge in [-0.05, 0) is 106 Å². The monoisotopic (exact) mass is 631 g/mol. The Labute approximate surface area is 287 Å². The minimum Gasteiger partial charge on any atom is -0.355 e. The highest BCUT2D eigenvalue weighted by molar-refractivity contribution is 6.21. The Kier molecular flexibility index (Phi) is 8.49. The zero-order chi connectivity index (χ0) is 33.9. The van der Waals surface area contributed by atoms with Crippen LogP contribution in [-0.4, -0.2) is 10.8 Å². The van der Waals surface area contributed by atoms with Crippen molar-refractivity contribution in [1.29, 1.82) is 5.41 Å². The fourth-order valence-electron chi connectivity index (χ4n) is 6.85. The van der Waals surface area contributed by atoms with Crippen LogP contribution in [0.5, 0.6) is 0 Å². The first-order valence-electron chi connectivity index (χ1n) is 16.4. The minimum absolute atomic E-state index is 0.828. The van der Waals surface area contributed by atoms with Gasteiger partial charge in [0.05, 0.1) is 11.0 Å². The molecule has 0 bridgehead atoms. The molecule has 0 unspecified atom stereocenters. The van der Waals surface area contributed by atoms with Crippen LogP contribution in [-0.2, 0) is 0 Å². The highest BCUT2D eigenvalue weighted by atomic mass is 15.0. The number of fused-ring (bicyclic) bond motifs is 4. The van der Waals surface area contributed by atoms with Crippen molar-refractivity contribution in [3.63, 3.8) is 0 Å². The fourth-order valence-corrected chi connectivity index (χ4v) is 6.85. The molecule has 236 valence electrons. The lowest BCUT2D eigenvalue weighted by atomic mass is 9.95. The molecule has 0 amide bonds. The lowest BCUT2D eigenvalue weighted by Gasteiger charge is -2.15. The number of rotatable bonds is 10. The predicted octanol–water partition coefficient (Wildman–Crippen LogP) is 12.8. The van der Waals surface area contributed by atoms with E-state index >= 15 is 0 Å². The molecule has 0 spiro atoms. The first kappa shape index (κ1) is 31.2. The molecule has 0 saturated carbocycles. The Bertz CT molecular complexity index is 2470. The van der Waals surface area contributed by atoms with Crippen molar-refractivity contribution in [3.8, 4) is 16.8 Å². The third-order valence-electron chi connectivity index (χ3n) is 9.07. The van der Waals surface area contributed by atoms with Gasteiger partial charge in [0, 0.05) is 39.6 Å². The minimum atomic E-state index is 0.828. The molecule has 0 aliphatic heterocycles. The Morgan fingerprint density at radius 1 is 0.735 bits per heavy atom. The maximum absolute atomic E-state index is 8.74. The van der Waals surface area contributed by atoms with Crippen molar-refractivity contribution in [3.05, 3.63) is 182 Å². The van der Waals surface area contributed by atoms with Crippen LogP contribution in [0.4, 0.5) is 11.4 Å². The van der Waals surface area contributed by atoms with Crippen LogP contribution in [0.25, 0.3) is 67.1 Å². The molecule has 0 atom stereocenters. The normalized spacial score (nSPS) is 11.7. The van der Waals surface area contributed by atoms with Gasteiger partial charge in [0.1, 0.15) is 0 Å². The summed E-state index contributed by atoms with van der Waals surface area (Å²) >= 11 is 0. The number of para-hydroxylation sites is 1. The summed E-state index contributed by atoms with van der Waals surface area (Å²) in [5.74, 6) is 0. The number of hydrogen-bond acceptors (Lipinski definition) is 2. The summed E-state index contributed by atoms with van der Waals surface area (Å²) in [6, 6.07) is 40.4. The van der Waals surface area contributed by atoms with Gasteiger partial charge in [0.15, 0.2) is 0 Å². The zero-order valence-corrected chi connectivity index (χ0v) is 27.6. The highest BCUT2D eigenvalue weighted by Gasteiger charge is 2.20. The fraction of sp³-hybridized carbons (Fsp3) is 0.0217. The average Bonchev–Trinajstić information content (AvgIpc) is 3.47.